The fourth-order valence-electron chi connectivity index (χ4n) is 3.90. The van der Waals surface area contributed by atoms with Crippen LogP contribution in [-0.2, 0) is 6.42 Å². The molecule has 0 radical (unpaired) electrons. The van der Waals surface area contributed by atoms with Crippen LogP contribution < -0.4 is 5.32 Å². The lowest BCUT2D eigenvalue weighted by molar-refractivity contribution is 0.0713. The molecule has 2 amide bonds. The molecule has 128 valence electrons. The number of carbonyl (C=O) groups excluding carboxylic acids is 1. The Kier molecular flexibility index (Phi) is 5.37. The van der Waals surface area contributed by atoms with E-state index in [1.54, 1.807) is 6.07 Å². The van der Waals surface area contributed by atoms with E-state index in [-0.39, 0.29) is 6.03 Å². The monoisotopic (exact) mass is 326 g/mol. The molecule has 2 saturated heterocycles. The molecule has 24 heavy (non-hydrogen) atoms. The zero-order valence-electron chi connectivity index (χ0n) is 14.4. The Balaban J connectivity index is 1.53. The number of hydrogen-bond donors (Lipinski definition) is 1. The van der Waals surface area contributed by atoms with Gasteiger partial charge < -0.3 is 10.2 Å². The summed E-state index contributed by atoms with van der Waals surface area (Å²) in [4.78, 5) is 17.2. The van der Waals surface area contributed by atoms with Crippen LogP contribution in [0.2, 0.25) is 0 Å². The number of nitrogens with zero attached hydrogens (tertiary/aromatic N) is 3. The van der Waals surface area contributed by atoms with Crippen molar-refractivity contribution in [2.45, 2.75) is 44.7 Å². The molecule has 2 aliphatic rings. The molecule has 0 saturated carbocycles. The van der Waals surface area contributed by atoms with Crippen molar-refractivity contribution in [1.29, 1.82) is 5.26 Å². The van der Waals surface area contributed by atoms with Gasteiger partial charge in [-0.15, -0.1) is 0 Å². The fraction of sp³-hybridized carbons (Fsp3) is 0.579. The molecule has 2 fully saturated rings. The van der Waals surface area contributed by atoms with Gasteiger partial charge in [-0.25, -0.2) is 4.79 Å². The van der Waals surface area contributed by atoms with Crippen LogP contribution in [0.4, 0.5) is 4.79 Å². The normalized spacial score (nSPS) is 23.6. The Morgan fingerprint density at radius 1 is 1.42 bits per heavy atom. The highest BCUT2D eigenvalue weighted by molar-refractivity contribution is 5.74. The average molecular weight is 326 g/mol. The van der Waals surface area contributed by atoms with Crippen molar-refractivity contribution in [3.63, 3.8) is 0 Å². The second-order valence-corrected chi connectivity index (χ2v) is 6.80. The number of rotatable bonds is 4. The van der Waals surface area contributed by atoms with Crippen LogP contribution in [0.15, 0.2) is 24.3 Å². The first-order valence-electron chi connectivity index (χ1n) is 8.98. The van der Waals surface area contributed by atoms with Crippen molar-refractivity contribution in [2.75, 3.05) is 26.2 Å². The van der Waals surface area contributed by atoms with Gasteiger partial charge in [0.05, 0.1) is 11.6 Å². The maximum Gasteiger partial charge on any atom is 0.317 e. The molecule has 3 rings (SSSR count). The van der Waals surface area contributed by atoms with Crippen LogP contribution in [0, 0.1) is 11.3 Å². The van der Waals surface area contributed by atoms with Gasteiger partial charge in [-0.05, 0) is 49.9 Å². The molecule has 0 spiro atoms. The topological polar surface area (TPSA) is 59.4 Å². The van der Waals surface area contributed by atoms with Crippen LogP contribution >= 0.6 is 0 Å². The van der Waals surface area contributed by atoms with E-state index in [1.807, 2.05) is 23.1 Å². The molecular weight excluding hydrogens is 300 g/mol. The zero-order valence-corrected chi connectivity index (χ0v) is 14.4. The summed E-state index contributed by atoms with van der Waals surface area (Å²) in [5, 5.41) is 12.0. The predicted octanol–water partition coefficient (Wildman–Crippen LogP) is 2.37. The summed E-state index contributed by atoms with van der Waals surface area (Å²) in [5.74, 6) is 0. The molecule has 0 bridgehead atoms. The Labute approximate surface area is 144 Å². The molecule has 1 aromatic carbocycles. The van der Waals surface area contributed by atoms with Crippen LogP contribution in [0.25, 0.3) is 0 Å². The molecule has 1 aromatic rings. The lowest BCUT2D eigenvalue weighted by Gasteiger charge is -2.43. The van der Waals surface area contributed by atoms with E-state index >= 15 is 0 Å². The molecule has 5 heteroatoms. The largest absolute Gasteiger partial charge is 0.338 e. The molecule has 0 unspecified atom stereocenters. The maximum absolute atomic E-state index is 12.6. The molecule has 0 aliphatic carbocycles. The van der Waals surface area contributed by atoms with E-state index in [1.165, 1.54) is 19.4 Å². The number of carbonyl (C=O) groups is 1. The second-order valence-electron chi connectivity index (χ2n) is 6.80. The minimum Gasteiger partial charge on any atom is -0.338 e. The van der Waals surface area contributed by atoms with Gasteiger partial charge in [-0.1, -0.05) is 19.1 Å². The van der Waals surface area contributed by atoms with Gasteiger partial charge in [0, 0.05) is 31.7 Å². The van der Waals surface area contributed by atoms with Gasteiger partial charge in [0.1, 0.15) is 0 Å². The number of fused-ring (bicyclic) bond motifs is 1. The number of urea groups is 1. The molecular formula is C19H26N4O. The van der Waals surface area contributed by atoms with E-state index in [9.17, 15) is 4.79 Å². The highest BCUT2D eigenvalue weighted by atomic mass is 16.2. The van der Waals surface area contributed by atoms with Gasteiger partial charge in [-0.2, -0.15) is 5.26 Å². The molecule has 2 atom stereocenters. The van der Waals surface area contributed by atoms with Gasteiger partial charge in [0.2, 0.25) is 0 Å². The maximum atomic E-state index is 12.6. The summed E-state index contributed by atoms with van der Waals surface area (Å²) >= 11 is 0. The zero-order chi connectivity index (χ0) is 16.9. The smallest absolute Gasteiger partial charge is 0.317 e. The number of hydrogen-bond acceptors (Lipinski definition) is 3. The third-order valence-corrected chi connectivity index (χ3v) is 5.27. The van der Waals surface area contributed by atoms with Crippen LogP contribution in [0.1, 0.15) is 37.3 Å². The number of nitrogens with one attached hydrogen (secondary N) is 1. The summed E-state index contributed by atoms with van der Waals surface area (Å²) in [6.45, 7) is 5.82. The van der Waals surface area contributed by atoms with Gasteiger partial charge in [-0.3, -0.25) is 4.90 Å². The van der Waals surface area contributed by atoms with Gasteiger partial charge in [0.15, 0.2) is 0 Å². The minimum absolute atomic E-state index is 0.0600. The van der Waals surface area contributed by atoms with Crippen molar-refractivity contribution in [3.05, 3.63) is 35.4 Å². The Bertz CT molecular complexity index is 624. The molecule has 2 aliphatic heterocycles. The Morgan fingerprint density at radius 3 is 3.08 bits per heavy atom. The number of amides is 2. The second kappa shape index (κ2) is 7.67. The standard InChI is InChI=1S/C19H26N4O/c1-2-17-13-22-10-4-7-18(22)14-23(17)19(24)21-9-8-15-5-3-6-16(11-15)12-20/h3,5-6,11,17-18H,2,4,7-10,13-14H2,1H3,(H,21,24)/t17-,18+/m1/s1. The summed E-state index contributed by atoms with van der Waals surface area (Å²) in [6, 6.07) is 10.7. The van der Waals surface area contributed by atoms with Crippen molar-refractivity contribution >= 4 is 6.03 Å². The van der Waals surface area contributed by atoms with E-state index in [0.29, 0.717) is 24.2 Å². The molecule has 5 nitrogen and oxygen atoms in total. The minimum atomic E-state index is 0.0600. The summed E-state index contributed by atoms with van der Waals surface area (Å²) in [7, 11) is 0. The SMILES string of the molecule is CC[C@@H]1CN2CCC[C@H]2CN1C(=O)NCCc1cccc(C#N)c1. The first kappa shape index (κ1) is 16.8. The van der Waals surface area contributed by atoms with Crippen molar-refractivity contribution in [1.82, 2.24) is 15.1 Å². The first-order valence-corrected chi connectivity index (χ1v) is 8.98. The lowest BCUT2D eigenvalue weighted by Crippen LogP contribution is -2.59. The summed E-state index contributed by atoms with van der Waals surface area (Å²) in [6.07, 6.45) is 4.22. The van der Waals surface area contributed by atoms with E-state index in [2.05, 4.69) is 23.2 Å². The highest BCUT2D eigenvalue weighted by Crippen LogP contribution is 2.25. The number of benzene rings is 1. The summed E-state index contributed by atoms with van der Waals surface area (Å²) < 4.78 is 0. The van der Waals surface area contributed by atoms with Gasteiger partial charge in [0.25, 0.3) is 0 Å². The van der Waals surface area contributed by atoms with Crippen LogP contribution in [-0.4, -0.2) is 54.1 Å². The molecule has 1 N–H and O–H groups in total. The van der Waals surface area contributed by atoms with E-state index in [4.69, 9.17) is 5.26 Å². The average Bonchev–Trinajstić information content (AvgIpc) is 3.08. The predicted molar refractivity (Wildman–Crippen MR) is 93.6 cm³/mol. The van der Waals surface area contributed by atoms with Crippen LogP contribution in [0.3, 0.4) is 0 Å². The van der Waals surface area contributed by atoms with Gasteiger partial charge >= 0.3 is 6.03 Å². The Hall–Kier alpha value is -2.06. The first-order chi connectivity index (χ1) is 11.7. The Morgan fingerprint density at radius 2 is 2.29 bits per heavy atom. The fourth-order valence-corrected chi connectivity index (χ4v) is 3.90. The third kappa shape index (κ3) is 3.70. The third-order valence-electron chi connectivity index (χ3n) is 5.27. The lowest BCUT2D eigenvalue weighted by atomic mass is 10.1. The van der Waals surface area contributed by atoms with Crippen LogP contribution in [0.5, 0.6) is 0 Å². The van der Waals surface area contributed by atoms with Crippen molar-refractivity contribution < 1.29 is 4.79 Å². The summed E-state index contributed by atoms with van der Waals surface area (Å²) in [5.41, 5.74) is 1.75. The van der Waals surface area contributed by atoms with E-state index in [0.717, 1.165) is 31.5 Å². The van der Waals surface area contributed by atoms with E-state index < -0.39 is 0 Å². The highest BCUT2D eigenvalue weighted by Gasteiger charge is 2.37. The number of nitriles is 1. The van der Waals surface area contributed by atoms with Crippen molar-refractivity contribution in [2.24, 2.45) is 0 Å². The quantitative estimate of drug-likeness (QED) is 0.924. The number of piperazine rings is 1. The molecule has 0 aromatic heterocycles. The molecule has 2 heterocycles. The van der Waals surface area contributed by atoms with Crippen molar-refractivity contribution in [3.8, 4) is 6.07 Å².